The Bertz CT molecular complexity index is 1220. The first-order chi connectivity index (χ1) is 12.8. The molecule has 0 aliphatic heterocycles. The lowest BCUT2D eigenvalue weighted by atomic mass is 10.0. The Morgan fingerprint density at radius 3 is 2.42 bits per heavy atom. The molecule has 2 heterocycles. The van der Waals surface area contributed by atoms with E-state index in [0.717, 1.165) is 49.3 Å². The molecule has 5 rings (SSSR count). The van der Waals surface area contributed by atoms with E-state index in [4.69, 9.17) is 4.42 Å². The van der Waals surface area contributed by atoms with Crippen molar-refractivity contribution in [2.24, 2.45) is 0 Å². The van der Waals surface area contributed by atoms with Crippen molar-refractivity contribution in [1.82, 2.24) is 4.98 Å². The first kappa shape index (κ1) is 15.3. The fourth-order valence-corrected chi connectivity index (χ4v) is 3.97. The van der Waals surface area contributed by atoms with E-state index in [1.165, 1.54) is 11.3 Å². The van der Waals surface area contributed by atoms with Gasteiger partial charge in [-0.15, -0.1) is 11.3 Å². The molecular formula is C22H15NO2S. The van der Waals surface area contributed by atoms with Gasteiger partial charge in [-0.3, -0.25) is 0 Å². The number of aromatic nitrogens is 1. The molecule has 1 N–H and O–H groups in total. The number of hydrogen-bond donors (Lipinski definition) is 1. The highest BCUT2D eigenvalue weighted by atomic mass is 32.1. The van der Waals surface area contributed by atoms with Crippen molar-refractivity contribution in [3.63, 3.8) is 0 Å². The van der Waals surface area contributed by atoms with Crippen LogP contribution in [-0.2, 0) is 6.61 Å². The van der Waals surface area contributed by atoms with Crippen LogP contribution in [0.4, 0.5) is 0 Å². The molecule has 0 aliphatic carbocycles. The van der Waals surface area contributed by atoms with Gasteiger partial charge in [0, 0.05) is 27.3 Å². The highest BCUT2D eigenvalue weighted by Crippen LogP contribution is 2.36. The average molecular weight is 357 g/mol. The van der Waals surface area contributed by atoms with Gasteiger partial charge in [-0.05, 0) is 11.6 Å². The molecule has 0 aliphatic rings. The molecule has 26 heavy (non-hydrogen) atoms. The van der Waals surface area contributed by atoms with Crippen LogP contribution < -0.4 is 0 Å². The third kappa shape index (κ3) is 2.43. The number of benzene rings is 3. The zero-order chi connectivity index (χ0) is 17.5. The SMILES string of the molecule is OCc1nc(-c2ccc(-c3cccc4c3oc3ccccc34)cc2)cs1. The molecular weight excluding hydrogens is 342 g/mol. The number of rotatable bonds is 3. The van der Waals surface area contributed by atoms with Crippen LogP contribution in [0.5, 0.6) is 0 Å². The first-order valence-electron chi connectivity index (χ1n) is 8.40. The molecule has 2 aromatic heterocycles. The van der Waals surface area contributed by atoms with Crippen molar-refractivity contribution in [1.29, 1.82) is 0 Å². The van der Waals surface area contributed by atoms with Crippen LogP contribution in [0.15, 0.2) is 76.5 Å². The standard InChI is InChI=1S/C22H15NO2S/c24-12-21-23-19(13-26-21)15-10-8-14(9-11-15)16-5-3-6-18-17-4-1-2-7-20(17)25-22(16)18/h1-11,13,24H,12H2. The molecule has 0 fully saturated rings. The van der Waals surface area contributed by atoms with E-state index in [2.05, 4.69) is 53.5 Å². The molecule has 0 amide bonds. The fraction of sp³-hybridized carbons (Fsp3) is 0.0455. The molecule has 3 nitrogen and oxygen atoms in total. The van der Waals surface area contributed by atoms with E-state index in [1.807, 2.05) is 23.6 Å². The Morgan fingerprint density at radius 1 is 0.846 bits per heavy atom. The van der Waals surface area contributed by atoms with Crippen LogP contribution in [-0.4, -0.2) is 10.1 Å². The van der Waals surface area contributed by atoms with E-state index in [1.54, 1.807) is 0 Å². The molecule has 126 valence electrons. The van der Waals surface area contributed by atoms with Gasteiger partial charge in [0.2, 0.25) is 0 Å². The molecule has 0 spiro atoms. The molecule has 0 bridgehead atoms. The Labute approximate surface area is 154 Å². The van der Waals surface area contributed by atoms with Crippen molar-refractivity contribution >= 4 is 33.3 Å². The van der Waals surface area contributed by atoms with Crippen molar-refractivity contribution in [3.05, 3.63) is 77.1 Å². The first-order valence-corrected chi connectivity index (χ1v) is 9.28. The second-order valence-corrected chi connectivity index (χ2v) is 7.09. The maximum atomic E-state index is 9.19. The quantitative estimate of drug-likeness (QED) is 0.439. The second-order valence-electron chi connectivity index (χ2n) is 6.14. The number of furan rings is 1. The predicted octanol–water partition coefficient (Wildman–Crippen LogP) is 5.87. The lowest BCUT2D eigenvalue weighted by Crippen LogP contribution is -1.83. The maximum Gasteiger partial charge on any atom is 0.143 e. The van der Waals surface area contributed by atoms with Gasteiger partial charge in [0.05, 0.1) is 12.3 Å². The summed E-state index contributed by atoms with van der Waals surface area (Å²) >= 11 is 1.47. The monoisotopic (exact) mass is 357 g/mol. The summed E-state index contributed by atoms with van der Waals surface area (Å²) in [5.41, 5.74) is 5.95. The summed E-state index contributed by atoms with van der Waals surface area (Å²) in [7, 11) is 0. The molecule has 0 unspecified atom stereocenters. The zero-order valence-electron chi connectivity index (χ0n) is 13.8. The minimum absolute atomic E-state index is 0.0171. The summed E-state index contributed by atoms with van der Waals surface area (Å²) < 4.78 is 6.13. The molecule has 0 saturated heterocycles. The third-order valence-corrected chi connectivity index (χ3v) is 5.42. The number of nitrogens with zero attached hydrogens (tertiary/aromatic N) is 1. The van der Waals surface area contributed by atoms with Gasteiger partial charge < -0.3 is 9.52 Å². The average Bonchev–Trinajstić information content (AvgIpc) is 3.32. The van der Waals surface area contributed by atoms with Gasteiger partial charge in [0.15, 0.2) is 0 Å². The second kappa shape index (κ2) is 6.09. The van der Waals surface area contributed by atoms with E-state index < -0.39 is 0 Å². The number of para-hydroxylation sites is 2. The van der Waals surface area contributed by atoms with E-state index in [9.17, 15) is 5.11 Å². The van der Waals surface area contributed by atoms with Gasteiger partial charge in [-0.2, -0.15) is 0 Å². The number of aliphatic hydroxyl groups excluding tert-OH is 1. The van der Waals surface area contributed by atoms with Gasteiger partial charge in [0.25, 0.3) is 0 Å². The number of aliphatic hydroxyl groups is 1. The van der Waals surface area contributed by atoms with Crippen LogP contribution in [0.25, 0.3) is 44.3 Å². The molecule has 0 radical (unpaired) electrons. The minimum atomic E-state index is -0.0171. The predicted molar refractivity (Wildman–Crippen MR) is 106 cm³/mol. The summed E-state index contributed by atoms with van der Waals surface area (Å²) in [5, 5.41) is 14.2. The van der Waals surface area contributed by atoms with Crippen LogP contribution in [0, 0.1) is 0 Å². The highest BCUT2D eigenvalue weighted by Gasteiger charge is 2.12. The molecule has 5 aromatic rings. The molecule has 4 heteroatoms. The van der Waals surface area contributed by atoms with Crippen molar-refractivity contribution in [2.75, 3.05) is 0 Å². The van der Waals surface area contributed by atoms with Crippen molar-refractivity contribution < 1.29 is 9.52 Å². The normalized spacial score (nSPS) is 11.4. The Balaban J connectivity index is 1.61. The summed E-state index contributed by atoms with van der Waals surface area (Å²) in [6, 6.07) is 22.7. The number of fused-ring (bicyclic) bond motifs is 3. The summed E-state index contributed by atoms with van der Waals surface area (Å²) in [5.74, 6) is 0. The van der Waals surface area contributed by atoms with Crippen LogP contribution in [0.1, 0.15) is 5.01 Å². The van der Waals surface area contributed by atoms with Gasteiger partial charge in [-0.25, -0.2) is 4.98 Å². The van der Waals surface area contributed by atoms with Crippen LogP contribution >= 0.6 is 11.3 Å². The Morgan fingerprint density at radius 2 is 1.62 bits per heavy atom. The van der Waals surface area contributed by atoms with Crippen molar-refractivity contribution in [3.8, 4) is 22.4 Å². The van der Waals surface area contributed by atoms with Gasteiger partial charge in [-0.1, -0.05) is 60.7 Å². The van der Waals surface area contributed by atoms with Gasteiger partial charge >= 0.3 is 0 Å². The number of hydrogen-bond acceptors (Lipinski definition) is 4. The zero-order valence-corrected chi connectivity index (χ0v) is 14.7. The summed E-state index contributed by atoms with van der Waals surface area (Å²) in [6.07, 6.45) is 0. The van der Waals surface area contributed by atoms with E-state index in [0.29, 0.717) is 0 Å². The minimum Gasteiger partial charge on any atom is -0.455 e. The molecule has 3 aromatic carbocycles. The number of thiazole rings is 1. The Hall–Kier alpha value is -2.95. The van der Waals surface area contributed by atoms with Crippen LogP contribution in [0.2, 0.25) is 0 Å². The highest BCUT2D eigenvalue weighted by molar-refractivity contribution is 7.09. The topological polar surface area (TPSA) is 46.3 Å². The third-order valence-electron chi connectivity index (χ3n) is 4.58. The lowest BCUT2D eigenvalue weighted by Gasteiger charge is -2.04. The van der Waals surface area contributed by atoms with Gasteiger partial charge in [0.1, 0.15) is 16.2 Å². The molecule has 0 saturated carbocycles. The van der Waals surface area contributed by atoms with Crippen LogP contribution in [0.3, 0.4) is 0 Å². The van der Waals surface area contributed by atoms with Crippen molar-refractivity contribution in [2.45, 2.75) is 6.61 Å². The lowest BCUT2D eigenvalue weighted by molar-refractivity contribution is 0.281. The Kier molecular flexibility index (Phi) is 3.59. The van der Waals surface area contributed by atoms with E-state index >= 15 is 0 Å². The fourth-order valence-electron chi connectivity index (χ4n) is 3.31. The summed E-state index contributed by atoms with van der Waals surface area (Å²) in [4.78, 5) is 4.43. The summed E-state index contributed by atoms with van der Waals surface area (Å²) in [6.45, 7) is -0.0171. The maximum absolute atomic E-state index is 9.19. The largest absolute Gasteiger partial charge is 0.455 e. The smallest absolute Gasteiger partial charge is 0.143 e. The van der Waals surface area contributed by atoms with E-state index in [-0.39, 0.29) is 6.61 Å². The molecule has 0 atom stereocenters.